The molecule has 0 aliphatic heterocycles. The number of carbonyl (C=O) groups excluding carboxylic acids is 1. The van der Waals surface area contributed by atoms with Crippen LogP contribution in [0.4, 0.5) is 0 Å². The monoisotopic (exact) mass is 527 g/mol. The quantitative estimate of drug-likeness (QED) is 0.339. The minimum Gasteiger partial charge on any atom is -0.358 e. The van der Waals surface area contributed by atoms with Gasteiger partial charge in [0.05, 0.1) is 0 Å². The topological polar surface area (TPSA) is 29.1 Å². The van der Waals surface area contributed by atoms with Crippen molar-refractivity contribution in [2.45, 2.75) is 85.0 Å². The summed E-state index contributed by atoms with van der Waals surface area (Å²) >= 11 is 0. The predicted octanol–water partition coefficient (Wildman–Crippen LogP) is 5.91. The summed E-state index contributed by atoms with van der Waals surface area (Å²) < 4.78 is 0. The van der Waals surface area contributed by atoms with Gasteiger partial charge < -0.3 is 12.7 Å². The molecule has 0 saturated heterocycles. The van der Waals surface area contributed by atoms with Crippen molar-refractivity contribution in [1.82, 2.24) is 5.32 Å². The summed E-state index contributed by atoms with van der Waals surface area (Å²) in [6.45, 7) is 6.97. The van der Waals surface area contributed by atoms with E-state index in [1.54, 1.807) is 0 Å². The Balaban J connectivity index is 0.000000686. The first kappa shape index (κ1) is 25.9. The van der Waals surface area contributed by atoms with Crippen LogP contribution >= 0.6 is 0 Å². The van der Waals surface area contributed by atoms with Crippen molar-refractivity contribution >= 4 is 5.78 Å². The van der Waals surface area contributed by atoms with Crippen molar-refractivity contribution < 1.29 is 42.5 Å². The van der Waals surface area contributed by atoms with Crippen molar-refractivity contribution in [2.75, 3.05) is 14.1 Å². The van der Waals surface area contributed by atoms with Crippen LogP contribution in [0, 0.1) is 85.6 Å². The summed E-state index contributed by atoms with van der Waals surface area (Å²) in [4.78, 5) is 12.2. The Morgan fingerprint density at radius 2 is 1.48 bits per heavy atom. The van der Waals surface area contributed by atoms with Gasteiger partial charge in [0, 0.05) is 43.7 Å². The Bertz CT molecular complexity index is 495. The zero-order valence-corrected chi connectivity index (χ0v) is 20.6. The Morgan fingerprint density at radius 1 is 0.852 bits per heavy atom. The number of ketones is 1. The van der Waals surface area contributed by atoms with Gasteiger partial charge in [-0.1, -0.05) is 26.7 Å². The average molecular weight is 528 g/mol. The van der Waals surface area contributed by atoms with Crippen LogP contribution in [0.2, 0.25) is 0 Å². The maximum Gasteiger partial charge on any atom is 0.133 e. The number of nitrogens with one attached hydrogen (secondary N) is 1. The molecule has 7 atom stereocenters. The van der Waals surface area contributed by atoms with Gasteiger partial charge in [0.15, 0.2) is 0 Å². The molecule has 4 aliphatic rings. The van der Waals surface area contributed by atoms with Crippen LogP contribution in [0.25, 0.3) is 0 Å². The molecule has 3 heteroatoms. The van der Waals surface area contributed by atoms with E-state index in [9.17, 15) is 4.79 Å². The predicted molar refractivity (Wildman–Crippen MR) is 112 cm³/mol. The second kappa shape index (κ2) is 10.3. The Hall–Kier alpha value is 0.890. The van der Waals surface area contributed by atoms with Crippen LogP contribution in [0.5, 0.6) is 0 Å². The summed E-state index contributed by atoms with van der Waals surface area (Å²) in [5, 5.41) is 2.75. The fraction of sp³-hybridized carbons (Fsp3) is 0.917. The smallest absolute Gasteiger partial charge is 0.133 e. The molecule has 4 fully saturated rings. The van der Waals surface area contributed by atoms with E-state index in [2.05, 4.69) is 19.2 Å². The van der Waals surface area contributed by atoms with Crippen molar-refractivity contribution in [3.05, 3.63) is 7.43 Å². The van der Waals surface area contributed by atoms with Crippen molar-refractivity contribution in [2.24, 2.45) is 40.4 Å². The second-order valence-electron chi connectivity index (χ2n) is 10.2. The van der Waals surface area contributed by atoms with Gasteiger partial charge in [0.25, 0.3) is 0 Å². The number of rotatable bonds is 1. The summed E-state index contributed by atoms with van der Waals surface area (Å²) in [6, 6.07) is 0. The largest absolute Gasteiger partial charge is 0.358 e. The fourth-order valence-electron chi connectivity index (χ4n) is 7.96. The van der Waals surface area contributed by atoms with E-state index in [0.717, 1.165) is 23.7 Å². The Kier molecular flexibility index (Phi) is 9.86. The maximum absolute atomic E-state index is 12.2. The van der Waals surface area contributed by atoms with Gasteiger partial charge in [0.2, 0.25) is 0 Å². The number of hydrogen-bond donors (Lipinski definition) is 1. The summed E-state index contributed by atoms with van der Waals surface area (Å²) in [5.74, 6) is 4.60. The first-order valence-electron chi connectivity index (χ1n) is 11.0. The average Bonchev–Trinajstić information content (AvgIpc) is 2.92. The van der Waals surface area contributed by atoms with Gasteiger partial charge in [-0.25, -0.2) is 0 Å². The molecule has 27 heavy (non-hydrogen) atoms. The molecule has 4 rings (SSSR count). The molecule has 4 saturated carbocycles. The molecule has 0 aromatic rings. The third-order valence-electron chi connectivity index (χ3n) is 9.07. The summed E-state index contributed by atoms with van der Waals surface area (Å²) in [5.41, 5.74) is 0.974. The van der Waals surface area contributed by atoms with E-state index >= 15 is 0 Å². The van der Waals surface area contributed by atoms with Crippen LogP contribution < -0.4 is 5.32 Å². The molecule has 0 aromatic heterocycles. The minimum absolute atomic E-state index is 0. The SMILES string of the molecule is CC(=O)C1CCC2C3CCC4CCCCC4(C)C3CCC12C.CNC.[CH3-].[Ho]. The Morgan fingerprint density at radius 3 is 2.11 bits per heavy atom. The molecular formula is C24H44HoNO-. The molecule has 0 spiro atoms. The maximum atomic E-state index is 12.2. The van der Waals surface area contributed by atoms with E-state index in [1.165, 1.54) is 64.2 Å². The number of fused-ring (bicyclic) bond motifs is 5. The second-order valence-corrected chi connectivity index (χ2v) is 10.2. The number of carbonyl (C=O) groups is 1. The third-order valence-corrected chi connectivity index (χ3v) is 9.07. The molecule has 0 bridgehead atoms. The van der Waals surface area contributed by atoms with Crippen LogP contribution in [-0.4, -0.2) is 19.9 Å². The van der Waals surface area contributed by atoms with Gasteiger partial charge >= 0.3 is 0 Å². The van der Waals surface area contributed by atoms with Crippen molar-refractivity contribution in [3.8, 4) is 0 Å². The summed E-state index contributed by atoms with van der Waals surface area (Å²) in [7, 11) is 3.75. The van der Waals surface area contributed by atoms with Crippen LogP contribution in [0.15, 0.2) is 0 Å². The van der Waals surface area contributed by atoms with E-state index < -0.39 is 0 Å². The zero-order chi connectivity index (χ0) is 18.2. The van der Waals surface area contributed by atoms with Crippen LogP contribution in [0.3, 0.4) is 0 Å². The standard InChI is InChI=1S/C21H34O.C2H7N.CH3.Ho/c1-14(22)17-9-10-18-16-8-7-15-6-4-5-12-20(15,2)19(16)11-13-21(17,18)3;1-3-2;;/h15-19H,4-13H2,1-3H3;3H,1-2H3;1H3;/q;;-1;. The summed E-state index contributed by atoms with van der Waals surface area (Å²) in [6.07, 6.45) is 14.1. The van der Waals surface area contributed by atoms with Gasteiger partial charge in [0.1, 0.15) is 5.78 Å². The van der Waals surface area contributed by atoms with Crippen molar-refractivity contribution in [1.29, 1.82) is 0 Å². The molecule has 2 nitrogen and oxygen atoms in total. The molecule has 1 N–H and O–H groups in total. The minimum atomic E-state index is 0. The van der Waals surface area contributed by atoms with Crippen molar-refractivity contribution in [3.63, 3.8) is 0 Å². The molecule has 4 aliphatic carbocycles. The van der Waals surface area contributed by atoms with Gasteiger partial charge in [-0.2, -0.15) is 0 Å². The van der Waals surface area contributed by atoms with Gasteiger partial charge in [-0.3, -0.25) is 4.79 Å². The molecule has 0 aromatic carbocycles. The molecule has 0 amide bonds. The Labute approximate surface area is 199 Å². The fourth-order valence-corrected chi connectivity index (χ4v) is 7.96. The molecule has 0 heterocycles. The first-order valence-corrected chi connectivity index (χ1v) is 11.0. The first-order chi connectivity index (χ1) is 11.9. The van der Waals surface area contributed by atoms with E-state index in [0.29, 0.717) is 22.5 Å². The number of Topliss-reactive ketones (excluding diaryl/α,β-unsaturated/α-hetero) is 1. The van der Waals surface area contributed by atoms with E-state index in [-0.39, 0.29) is 45.2 Å². The zero-order valence-electron chi connectivity index (χ0n) is 18.7. The van der Waals surface area contributed by atoms with Crippen LogP contribution in [0.1, 0.15) is 85.0 Å². The van der Waals surface area contributed by atoms with Gasteiger partial charge in [-0.15, -0.1) is 0 Å². The molecule has 7 unspecified atom stereocenters. The van der Waals surface area contributed by atoms with E-state index in [1.807, 2.05) is 21.0 Å². The third kappa shape index (κ3) is 4.49. The van der Waals surface area contributed by atoms with Gasteiger partial charge in [-0.05, 0) is 107 Å². The molecule has 163 valence electrons. The van der Waals surface area contributed by atoms with Crippen LogP contribution in [-0.2, 0) is 4.79 Å². The number of hydrogen-bond acceptors (Lipinski definition) is 2. The molecular weight excluding hydrogens is 483 g/mol. The normalized spacial score (nSPS) is 44.9. The van der Waals surface area contributed by atoms with E-state index in [4.69, 9.17) is 0 Å². The molecule has 1 radical (unpaired) electrons.